The van der Waals surface area contributed by atoms with Crippen molar-refractivity contribution in [1.82, 2.24) is 19.7 Å². The number of nitrogens with zero attached hydrogens (tertiary/aromatic N) is 4. The molecule has 4 aromatic rings. The van der Waals surface area contributed by atoms with Gasteiger partial charge < -0.3 is 5.11 Å². The summed E-state index contributed by atoms with van der Waals surface area (Å²) in [5, 5.41) is 14.2. The topological polar surface area (TPSA) is 80.9 Å². The van der Waals surface area contributed by atoms with Crippen molar-refractivity contribution in [3.63, 3.8) is 0 Å². The molecule has 1 N–H and O–H groups in total. The van der Waals surface area contributed by atoms with Crippen LogP contribution in [0.1, 0.15) is 53.0 Å². The fourth-order valence-electron chi connectivity index (χ4n) is 3.82. The minimum atomic E-state index is -0.943. The molecule has 0 aliphatic carbocycles. The Kier molecular flexibility index (Phi) is 7.25. The van der Waals surface area contributed by atoms with Crippen molar-refractivity contribution in [3.8, 4) is 11.1 Å². The van der Waals surface area contributed by atoms with E-state index in [0.717, 1.165) is 55.1 Å². The van der Waals surface area contributed by atoms with Crippen LogP contribution in [0.3, 0.4) is 0 Å². The zero-order valence-corrected chi connectivity index (χ0v) is 18.8. The Hall–Kier alpha value is -3.80. The summed E-state index contributed by atoms with van der Waals surface area (Å²) in [6.45, 7) is 3.01. The maximum absolute atomic E-state index is 11.5. The van der Waals surface area contributed by atoms with Crippen LogP contribution in [-0.4, -0.2) is 30.8 Å². The lowest BCUT2D eigenvalue weighted by Crippen LogP contribution is -2.07. The summed E-state index contributed by atoms with van der Waals surface area (Å²) in [5.74, 6) is 0.830. The van der Waals surface area contributed by atoms with Crippen molar-refractivity contribution in [2.24, 2.45) is 0 Å². The third-order valence-electron chi connectivity index (χ3n) is 5.63. The lowest BCUT2D eigenvalue weighted by atomic mass is 10.0. The summed E-state index contributed by atoms with van der Waals surface area (Å²) in [6, 6.07) is 21.2. The third-order valence-corrected chi connectivity index (χ3v) is 5.63. The van der Waals surface area contributed by atoms with Gasteiger partial charge in [0.1, 0.15) is 5.82 Å². The van der Waals surface area contributed by atoms with E-state index < -0.39 is 5.97 Å². The number of carbonyl (C=O) groups is 1. The number of rotatable bonds is 10. The average molecular weight is 441 g/mol. The van der Waals surface area contributed by atoms with Crippen molar-refractivity contribution >= 4 is 5.97 Å². The van der Waals surface area contributed by atoms with Gasteiger partial charge in [0, 0.05) is 36.8 Å². The smallest absolute Gasteiger partial charge is 0.336 e. The average Bonchev–Trinajstić information content (AvgIpc) is 3.24. The highest BCUT2D eigenvalue weighted by molar-refractivity contribution is 5.95. The minimum absolute atomic E-state index is 0.273. The quantitative estimate of drug-likeness (QED) is 0.366. The van der Waals surface area contributed by atoms with Crippen LogP contribution < -0.4 is 0 Å². The summed E-state index contributed by atoms with van der Waals surface area (Å²) in [5.41, 5.74) is 3.88. The van der Waals surface area contributed by atoms with Crippen LogP contribution in [0.15, 0.2) is 72.9 Å². The van der Waals surface area contributed by atoms with Crippen molar-refractivity contribution in [3.05, 3.63) is 101 Å². The molecule has 6 nitrogen and oxygen atoms in total. The molecular formula is C27H28N4O2. The van der Waals surface area contributed by atoms with E-state index in [1.165, 1.54) is 5.56 Å². The van der Waals surface area contributed by atoms with E-state index in [1.54, 1.807) is 24.4 Å². The van der Waals surface area contributed by atoms with Crippen molar-refractivity contribution in [2.45, 2.75) is 45.6 Å². The normalized spacial score (nSPS) is 10.9. The summed E-state index contributed by atoms with van der Waals surface area (Å²) >= 11 is 0. The van der Waals surface area contributed by atoms with Crippen LogP contribution in [0.5, 0.6) is 0 Å². The molecule has 0 saturated heterocycles. The van der Waals surface area contributed by atoms with Gasteiger partial charge in [-0.2, -0.15) is 5.10 Å². The third kappa shape index (κ3) is 5.71. The van der Waals surface area contributed by atoms with Gasteiger partial charge in [-0.25, -0.2) is 14.5 Å². The van der Waals surface area contributed by atoms with Crippen LogP contribution in [0.25, 0.3) is 11.1 Å². The van der Waals surface area contributed by atoms with Crippen LogP contribution in [0.2, 0.25) is 0 Å². The van der Waals surface area contributed by atoms with E-state index in [0.29, 0.717) is 12.0 Å². The summed E-state index contributed by atoms with van der Waals surface area (Å²) in [6.07, 6.45) is 6.17. The van der Waals surface area contributed by atoms with E-state index in [-0.39, 0.29) is 5.56 Å². The molecule has 33 heavy (non-hydrogen) atoms. The molecule has 4 rings (SSSR count). The van der Waals surface area contributed by atoms with Gasteiger partial charge in [-0.3, -0.25) is 4.98 Å². The largest absolute Gasteiger partial charge is 0.478 e. The van der Waals surface area contributed by atoms with Crippen LogP contribution in [-0.2, 0) is 25.8 Å². The van der Waals surface area contributed by atoms with Gasteiger partial charge in [0.2, 0.25) is 0 Å². The number of benzene rings is 2. The Morgan fingerprint density at radius 1 is 0.970 bits per heavy atom. The molecule has 0 aliphatic heterocycles. The van der Waals surface area contributed by atoms with Gasteiger partial charge in [0.05, 0.1) is 5.56 Å². The number of carboxylic acids is 1. The molecule has 168 valence electrons. The van der Waals surface area contributed by atoms with E-state index in [9.17, 15) is 9.90 Å². The second-order valence-electron chi connectivity index (χ2n) is 8.07. The molecule has 0 atom stereocenters. The number of aromatic carboxylic acids is 1. The molecule has 0 saturated carbocycles. The van der Waals surface area contributed by atoms with Gasteiger partial charge in [-0.1, -0.05) is 67.9 Å². The van der Waals surface area contributed by atoms with Gasteiger partial charge in [-0.05, 0) is 36.1 Å². The van der Waals surface area contributed by atoms with Gasteiger partial charge >= 0.3 is 5.97 Å². The standard InChI is InChI=1S/C27H28N4O2/c1-2-3-17-31-26(29-25(30-31)16-13-20-9-5-4-6-10-20)18-22-15-14-21(19-28-22)23-11-7-8-12-24(23)27(32)33/h4-12,14-15,19H,2-3,13,16-18H2,1H3,(H,32,33). The Morgan fingerprint density at radius 3 is 2.48 bits per heavy atom. The number of aromatic nitrogens is 4. The van der Waals surface area contributed by atoms with E-state index in [4.69, 9.17) is 10.1 Å². The zero-order valence-electron chi connectivity index (χ0n) is 18.8. The predicted octanol–water partition coefficient (Wildman–Crippen LogP) is 5.21. The fourth-order valence-corrected chi connectivity index (χ4v) is 3.82. The van der Waals surface area contributed by atoms with E-state index in [1.807, 2.05) is 28.9 Å². The number of aryl methyl sites for hydroxylation is 3. The first-order chi connectivity index (χ1) is 16.1. The maximum Gasteiger partial charge on any atom is 0.336 e. The van der Waals surface area contributed by atoms with E-state index >= 15 is 0 Å². The Morgan fingerprint density at radius 2 is 1.76 bits per heavy atom. The summed E-state index contributed by atoms with van der Waals surface area (Å²) in [7, 11) is 0. The number of pyridine rings is 1. The Bertz CT molecular complexity index is 1200. The maximum atomic E-state index is 11.5. The molecule has 2 heterocycles. The second kappa shape index (κ2) is 10.7. The second-order valence-corrected chi connectivity index (χ2v) is 8.07. The molecule has 0 bridgehead atoms. The SMILES string of the molecule is CCCCn1nc(CCc2ccccc2)nc1Cc1ccc(-c2ccccc2C(=O)O)cn1. The zero-order chi connectivity index (χ0) is 23.0. The van der Waals surface area contributed by atoms with Crippen molar-refractivity contribution in [1.29, 1.82) is 0 Å². The van der Waals surface area contributed by atoms with E-state index in [2.05, 4.69) is 36.2 Å². The number of unbranched alkanes of at least 4 members (excludes halogenated alkanes) is 1. The molecular weight excluding hydrogens is 412 g/mol. The number of hydrogen-bond acceptors (Lipinski definition) is 4. The highest BCUT2D eigenvalue weighted by atomic mass is 16.4. The molecule has 0 aliphatic rings. The van der Waals surface area contributed by atoms with Gasteiger partial charge in [0.15, 0.2) is 5.82 Å². The van der Waals surface area contributed by atoms with Crippen LogP contribution >= 0.6 is 0 Å². The first-order valence-corrected chi connectivity index (χ1v) is 11.4. The van der Waals surface area contributed by atoms with Crippen LogP contribution in [0, 0.1) is 0 Å². The summed E-state index contributed by atoms with van der Waals surface area (Å²) in [4.78, 5) is 21.0. The van der Waals surface area contributed by atoms with Crippen LogP contribution in [0.4, 0.5) is 0 Å². The number of carboxylic acid groups (broad SMARTS) is 1. The van der Waals surface area contributed by atoms with Gasteiger partial charge in [0.25, 0.3) is 0 Å². The molecule has 0 fully saturated rings. The van der Waals surface area contributed by atoms with Gasteiger partial charge in [-0.15, -0.1) is 0 Å². The highest BCUT2D eigenvalue weighted by Gasteiger charge is 2.14. The highest BCUT2D eigenvalue weighted by Crippen LogP contribution is 2.23. The molecule has 0 amide bonds. The first-order valence-electron chi connectivity index (χ1n) is 11.4. The predicted molar refractivity (Wildman–Crippen MR) is 128 cm³/mol. The first kappa shape index (κ1) is 22.4. The minimum Gasteiger partial charge on any atom is -0.478 e. The lowest BCUT2D eigenvalue weighted by molar-refractivity contribution is 0.0697. The molecule has 0 radical (unpaired) electrons. The van der Waals surface area contributed by atoms with Crippen molar-refractivity contribution < 1.29 is 9.90 Å². The Balaban J connectivity index is 1.51. The Labute approximate surface area is 194 Å². The fraction of sp³-hybridized carbons (Fsp3) is 0.259. The summed E-state index contributed by atoms with van der Waals surface area (Å²) < 4.78 is 2.01. The molecule has 0 unspecified atom stereocenters. The molecule has 6 heteroatoms. The van der Waals surface area contributed by atoms with Crippen molar-refractivity contribution in [2.75, 3.05) is 0 Å². The molecule has 0 spiro atoms. The molecule has 2 aromatic heterocycles. The lowest BCUT2D eigenvalue weighted by Gasteiger charge is -2.08. The monoisotopic (exact) mass is 440 g/mol. The number of hydrogen-bond donors (Lipinski definition) is 1. The molecule has 2 aromatic carbocycles.